The first kappa shape index (κ1) is 13.5. The van der Waals surface area contributed by atoms with Crippen LogP contribution in [0.15, 0.2) is 0 Å². The molecule has 0 spiro atoms. The van der Waals surface area contributed by atoms with E-state index >= 15 is 0 Å². The van der Waals surface area contributed by atoms with Crippen molar-refractivity contribution in [3.63, 3.8) is 0 Å². The van der Waals surface area contributed by atoms with Crippen LogP contribution in [0, 0.1) is 0 Å². The molecule has 3 nitrogen and oxygen atoms in total. The van der Waals surface area contributed by atoms with Gasteiger partial charge in [-0.25, -0.2) is 4.98 Å². The molecule has 4 heteroatoms. The highest BCUT2D eigenvalue weighted by atomic mass is 32.1. The third kappa shape index (κ3) is 3.46. The lowest BCUT2D eigenvalue weighted by atomic mass is 10.2. The molecule has 0 unspecified atom stereocenters. The molecule has 1 heterocycles. The molecule has 16 heavy (non-hydrogen) atoms. The monoisotopic (exact) mass is 242 g/mol. The first-order chi connectivity index (χ1) is 7.72. The summed E-state index contributed by atoms with van der Waals surface area (Å²) in [6.45, 7) is 5.49. The minimum absolute atomic E-state index is 0.120. The van der Waals surface area contributed by atoms with E-state index in [0.29, 0.717) is 0 Å². The predicted molar refractivity (Wildman–Crippen MR) is 70.2 cm³/mol. The van der Waals surface area contributed by atoms with Crippen LogP contribution in [0.25, 0.3) is 0 Å². The second kappa shape index (κ2) is 6.86. The molecule has 0 fully saturated rings. The average molecular weight is 242 g/mol. The van der Waals surface area contributed by atoms with Gasteiger partial charge >= 0.3 is 0 Å². The highest BCUT2D eigenvalue weighted by Gasteiger charge is 2.12. The average Bonchev–Trinajstić information content (AvgIpc) is 2.69. The van der Waals surface area contributed by atoms with Gasteiger partial charge < -0.3 is 10.0 Å². The molecule has 92 valence electrons. The molecule has 0 aliphatic carbocycles. The van der Waals surface area contributed by atoms with E-state index in [4.69, 9.17) is 0 Å². The van der Waals surface area contributed by atoms with Crippen LogP contribution in [-0.4, -0.2) is 23.7 Å². The molecule has 0 aromatic carbocycles. The highest BCUT2D eigenvalue weighted by molar-refractivity contribution is 7.15. The summed E-state index contributed by atoms with van der Waals surface area (Å²) in [5.41, 5.74) is 1.08. The van der Waals surface area contributed by atoms with Crippen molar-refractivity contribution in [2.45, 2.75) is 46.1 Å². The summed E-state index contributed by atoms with van der Waals surface area (Å²) >= 11 is 1.62. The van der Waals surface area contributed by atoms with Crippen LogP contribution in [0.5, 0.6) is 0 Å². The van der Waals surface area contributed by atoms with Crippen molar-refractivity contribution in [3.8, 4) is 0 Å². The van der Waals surface area contributed by atoms with Crippen LogP contribution in [0.4, 0.5) is 5.13 Å². The molecule has 0 saturated carbocycles. The maximum atomic E-state index is 9.27. The second-order valence-corrected chi connectivity index (χ2v) is 5.11. The Morgan fingerprint density at radius 2 is 2.06 bits per heavy atom. The Bertz CT molecular complexity index is 312. The van der Waals surface area contributed by atoms with E-state index in [1.54, 1.807) is 11.3 Å². The molecule has 0 bridgehead atoms. The van der Waals surface area contributed by atoms with Gasteiger partial charge in [0.15, 0.2) is 5.13 Å². The fraction of sp³-hybridized carbons (Fsp3) is 0.750. The van der Waals surface area contributed by atoms with E-state index in [2.05, 4.69) is 30.8 Å². The number of aliphatic hydroxyl groups excluding tert-OH is 1. The summed E-state index contributed by atoms with van der Waals surface area (Å²) in [6.07, 6.45) is 4.43. The smallest absolute Gasteiger partial charge is 0.185 e. The zero-order chi connectivity index (χ0) is 12.0. The number of nitrogens with zero attached hydrogens (tertiary/aromatic N) is 2. The maximum absolute atomic E-state index is 9.27. The summed E-state index contributed by atoms with van der Waals surface area (Å²) in [4.78, 5) is 7.82. The lowest BCUT2D eigenvalue weighted by molar-refractivity contribution is 0.284. The SMILES string of the molecule is CCCCN(C)c1nc(CCC)c(CO)s1. The topological polar surface area (TPSA) is 36.4 Å². The van der Waals surface area contributed by atoms with Crippen molar-refractivity contribution in [1.29, 1.82) is 0 Å². The lowest BCUT2D eigenvalue weighted by Crippen LogP contribution is -2.17. The van der Waals surface area contributed by atoms with Gasteiger partial charge in [-0.1, -0.05) is 38.0 Å². The van der Waals surface area contributed by atoms with Gasteiger partial charge in [0.1, 0.15) is 0 Å². The number of hydrogen-bond acceptors (Lipinski definition) is 4. The molecule has 0 aliphatic rings. The number of aliphatic hydroxyl groups is 1. The van der Waals surface area contributed by atoms with E-state index < -0.39 is 0 Å². The Hall–Kier alpha value is -0.610. The van der Waals surface area contributed by atoms with E-state index in [-0.39, 0.29) is 6.61 Å². The molecule has 1 rings (SSSR count). The van der Waals surface area contributed by atoms with Gasteiger partial charge in [0.2, 0.25) is 0 Å². The number of unbranched alkanes of at least 4 members (excludes halogenated alkanes) is 1. The fourth-order valence-corrected chi connectivity index (χ4v) is 2.53. The fourth-order valence-electron chi connectivity index (χ4n) is 1.58. The van der Waals surface area contributed by atoms with Crippen molar-refractivity contribution in [3.05, 3.63) is 10.6 Å². The Labute approximate surface area is 102 Å². The first-order valence-electron chi connectivity index (χ1n) is 6.03. The van der Waals surface area contributed by atoms with Crippen molar-refractivity contribution in [2.24, 2.45) is 0 Å². The second-order valence-electron chi connectivity index (χ2n) is 4.05. The minimum atomic E-state index is 0.120. The number of rotatable bonds is 7. The Balaban J connectivity index is 2.72. The van der Waals surface area contributed by atoms with E-state index in [0.717, 1.165) is 35.1 Å². The molecule has 0 aliphatic heterocycles. The van der Waals surface area contributed by atoms with Gasteiger partial charge in [0, 0.05) is 13.6 Å². The zero-order valence-corrected chi connectivity index (χ0v) is 11.3. The molecule has 1 N–H and O–H groups in total. The number of aryl methyl sites for hydroxylation is 1. The molecule has 0 radical (unpaired) electrons. The third-order valence-corrected chi connectivity index (χ3v) is 3.77. The summed E-state index contributed by atoms with van der Waals surface area (Å²) in [5, 5.41) is 10.3. The van der Waals surface area contributed by atoms with Crippen molar-refractivity contribution in [1.82, 2.24) is 4.98 Å². The number of thiazole rings is 1. The van der Waals surface area contributed by atoms with Gasteiger partial charge in [-0.05, 0) is 12.8 Å². The summed E-state index contributed by atoms with van der Waals surface area (Å²) in [5.74, 6) is 0. The molecular weight excluding hydrogens is 220 g/mol. The molecule has 0 atom stereocenters. The maximum Gasteiger partial charge on any atom is 0.185 e. The highest BCUT2D eigenvalue weighted by Crippen LogP contribution is 2.26. The van der Waals surface area contributed by atoms with E-state index in [1.807, 2.05) is 0 Å². The quantitative estimate of drug-likeness (QED) is 0.798. The van der Waals surface area contributed by atoms with Crippen molar-refractivity contribution >= 4 is 16.5 Å². The van der Waals surface area contributed by atoms with Crippen LogP contribution in [0.3, 0.4) is 0 Å². The molecule has 0 saturated heterocycles. The minimum Gasteiger partial charge on any atom is -0.391 e. The summed E-state index contributed by atoms with van der Waals surface area (Å²) in [7, 11) is 2.07. The van der Waals surface area contributed by atoms with Gasteiger partial charge in [-0.3, -0.25) is 0 Å². The van der Waals surface area contributed by atoms with Crippen LogP contribution < -0.4 is 4.90 Å². The summed E-state index contributed by atoms with van der Waals surface area (Å²) < 4.78 is 0. The van der Waals surface area contributed by atoms with Gasteiger partial charge in [0.05, 0.1) is 17.2 Å². The number of aromatic nitrogens is 1. The Kier molecular flexibility index (Phi) is 5.77. The Morgan fingerprint density at radius 3 is 2.62 bits per heavy atom. The summed E-state index contributed by atoms with van der Waals surface area (Å²) in [6, 6.07) is 0. The van der Waals surface area contributed by atoms with Crippen molar-refractivity contribution < 1.29 is 5.11 Å². The predicted octanol–water partition coefficient (Wildman–Crippen LogP) is 2.82. The van der Waals surface area contributed by atoms with Crippen LogP contribution >= 0.6 is 11.3 Å². The number of hydrogen-bond donors (Lipinski definition) is 1. The standard InChI is InChI=1S/C12H22N2OS/c1-4-6-8-14(3)12-13-10(7-5-2)11(9-15)16-12/h15H,4-9H2,1-3H3. The van der Waals surface area contributed by atoms with Gasteiger partial charge in [0.25, 0.3) is 0 Å². The lowest BCUT2D eigenvalue weighted by Gasteiger charge is -2.14. The van der Waals surface area contributed by atoms with Crippen molar-refractivity contribution in [2.75, 3.05) is 18.5 Å². The van der Waals surface area contributed by atoms with Crippen LogP contribution in [0.2, 0.25) is 0 Å². The zero-order valence-electron chi connectivity index (χ0n) is 10.5. The molecular formula is C12H22N2OS. The number of anilines is 1. The normalized spacial score (nSPS) is 10.8. The molecule has 0 amide bonds. The van der Waals surface area contributed by atoms with Crippen LogP contribution in [0.1, 0.15) is 43.7 Å². The largest absolute Gasteiger partial charge is 0.391 e. The molecule has 1 aromatic heterocycles. The third-order valence-electron chi connectivity index (χ3n) is 2.57. The van der Waals surface area contributed by atoms with Gasteiger partial charge in [-0.2, -0.15) is 0 Å². The van der Waals surface area contributed by atoms with E-state index in [1.165, 1.54) is 12.8 Å². The Morgan fingerprint density at radius 1 is 1.31 bits per heavy atom. The van der Waals surface area contributed by atoms with E-state index in [9.17, 15) is 5.11 Å². The van der Waals surface area contributed by atoms with Gasteiger partial charge in [-0.15, -0.1) is 0 Å². The first-order valence-corrected chi connectivity index (χ1v) is 6.85. The molecule has 1 aromatic rings. The van der Waals surface area contributed by atoms with Crippen LogP contribution in [-0.2, 0) is 13.0 Å².